The van der Waals surface area contributed by atoms with Crippen LogP contribution in [0.4, 0.5) is 0 Å². The third kappa shape index (κ3) is 2.97. The Kier molecular flexibility index (Phi) is 4.64. The third-order valence-corrected chi connectivity index (χ3v) is 5.44. The molecule has 5 nitrogen and oxygen atoms in total. The fourth-order valence-corrected chi connectivity index (χ4v) is 4.15. The van der Waals surface area contributed by atoms with Crippen molar-refractivity contribution in [2.45, 2.75) is 38.0 Å². The highest BCUT2D eigenvalue weighted by atomic mass is 35.5. The lowest BCUT2D eigenvalue weighted by Crippen LogP contribution is -2.06. The zero-order chi connectivity index (χ0) is 18.1. The molecule has 1 fully saturated rings. The maximum absolute atomic E-state index is 11.9. The number of aromatic nitrogens is 3. The molecule has 2 heterocycles. The van der Waals surface area contributed by atoms with E-state index in [9.17, 15) is 4.79 Å². The first-order chi connectivity index (χ1) is 12.7. The Bertz CT molecular complexity index is 961. The van der Waals surface area contributed by atoms with Crippen molar-refractivity contribution >= 4 is 28.5 Å². The highest BCUT2D eigenvalue weighted by Crippen LogP contribution is 2.42. The van der Waals surface area contributed by atoms with Gasteiger partial charge < -0.3 is 9.72 Å². The number of hydrogen-bond donors (Lipinski definition) is 1. The zero-order valence-electron chi connectivity index (χ0n) is 14.6. The molecular formula is C20H20ClN3O2. The maximum Gasteiger partial charge on any atom is 0.337 e. The van der Waals surface area contributed by atoms with Gasteiger partial charge in [0.15, 0.2) is 5.15 Å². The van der Waals surface area contributed by atoms with E-state index in [-0.39, 0.29) is 5.97 Å². The molecule has 1 aromatic carbocycles. The van der Waals surface area contributed by atoms with E-state index >= 15 is 0 Å². The van der Waals surface area contributed by atoms with Gasteiger partial charge in [0.25, 0.3) is 0 Å². The number of carbonyl (C=O) groups excluding carboxylic acids is 1. The van der Waals surface area contributed by atoms with E-state index in [0.717, 1.165) is 29.4 Å². The Morgan fingerprint density at radius 1 is 1.19 bits per heavy atom. The van der Waals surface area contributed by atoms with Gasteiger partial charge in [-0.15, -0.1) is 0 Å². The summed E-state index contributed by atoms with van der Waals surface area (Å²) in [6.07, 6.45) is 9.28. The molecule has 2 aromatic heterocycles. The van der Waals surface area contributed by atoms with Crippen LogP contribution in [0.1, 0.15) is 53.9 Å². The van der Waals surface area contributed by atoms with Crippen LogP contribution in [0.25, 0.3) is 22.3 Å². The van der Waals surface area contributed by atoms with E-state index in [1.807, 2.05) is 18.2 Å². The van der Waals surface area contributed by atoms with Crippen molar-refractivity contribution in [1.82, 2.24) is 15.0 Å². The monoisotopic (exact) mass is 369 g/mol. The number of carbonyl (C=O) groups is 1. The van der Waals surface area contributed by atoms with Crippen molar-refractivity contribution in [2.75, 3.05) is 7.11 Å². The average Bonchev–Trinajstić information content (AvgIpc) is 3.06. The summed E-state index contributed by atoms with van der Waals surface area (Å²) in [6.45, 7) is 0. The predicted molar refractivity (Wildman–Crippen MR) is 102 cm³/mol. The number of hydrogen-bond acceptors (Lipinski definition) is 4. The molecule has 0 unspecified atom stereocenters. The van der Waals surface area contributed by atoms with Crippen LogP contribution in [-0.4, -0.2) is 28.0 Å². The minimum atomic E-state index is -0.347. The molecule has 0 bridgehead atoms. The number of nitrogens with one attached hydrogen (secondary N) is 1. The minimum absolute atomic E-state index is 0.347. The SMILES string of the molecule is COC(=O)c1ccc2c(C3CCCCC3)c(-c3nccnc3Cl)[nH]c2c1. The standard InChI is InChI=1S/C20H20ClN3O2/c1-26-20(25)13-7-8-14-15(11-13)24-17(18-19(21)23-10-9-22-18)16(14)12-5-3-2-4-6-12/h7-12,24H,2-6H2,1H3. The Morgan fingerprint density at radius 3 is 2.69 bits per heavy atom. The number of rotatable bonds is 3. The number of H-pyrrole nitrogens is 1. The summed E-state index contributed by atoms with van der Waals surface area (Å²) in [5.41, 5.74) is 4.22. The van der Waals surface area contributed by atoms with Crippen molar-refractivity contribution < 1.29 is 9.53 Å². The van der Waals surface area contributed by atoms with E-state index in [1.54, 1.807) is 12.4 Å². The van der Waals surface area contributed by atoms with Crippen molar-refractivity contribution in [3.63, 3.8) is 0 Å². The van der Waals surface area contributed by atoms with Gasteiger partial charge in [-0.1, -0.05) is 36.9 Å². The molecule has 1 aliphatic carbocycles. The molecule has 26 heavy (non-hydrogen) atoms. The van der Waals surface area contributed by atoms with Crippen molar-refractivity contribution in [3.8, 4) is 11.4 Å². The van der Waals surface area contributed by atoms with E-state index in [1.165, 1.54) is 31.9 Å². The van der Waals surface area contributed by atoms with Crippen molar-refractivity contribution in [2.24, 2.45) is 0 Å². The Hall–Kier alpha value is -2.40. The van der Waals surface area contributed by atoms with Gasteiger partial charge in [-0.25, -0.2) is 14.8 Å². The largest absolute Gasteiger partial charge is 0.465 e. The second-order valence-electron chi connectivity index (χ2n) is 6.70. The van der Waals surface area contributed by atoms with E-state index in [0.29, 0.717) is 22.3 Å². The van der Waals surface area contributed by atoms with Crippen molar-refractivity contribution in [3.05, 3.63) is 46.9 Å². The van der Waals surface area contributed by atoms with Crippen LogP contribution >= 0.6 is 11.6 Å². The van der Waals surface area contributed by atoms with Crippen LogP contribution < -0.4 is 0 Å². The van der Waals surface area contributed by atoms with Crippen LogP contribution in [0.2, 0.25) is 5.15 Å². The Morgan fingerprint density at radius 2 is 1.96 bits per heavy atom. The van der Waals surface area contributed by atoms with Crippen LogP contribution in [0.5, 0.6) is 0 Å². The fourth-order valence-electron chi connectivity index (χ4n) is 3.95. The van der Waals surface area contributed by atoms with E-state index in [2.05, 4.69) is 15.0 Å². The highest BCUT2D eigenvalue weighted by Gasteiger charge is 2.25. The number of methoxy groups -OCH3 is 1. The molecule has 3 aromatic rings. The van der Waals surface area contributed by atoms with Gasteiger partial charge in [-0.2, -0.15) is 0 Å². The number of fused-ring (bicyclic) bond motifs is 1. The summed E-state index contributed by atoms with van der Waals surface area (Å²) in [5, 5.41) is 1.49. The topological polar surface area (TPSA) is 67.9 Å². The maximum atomic E-state index is 11.9. The van der Waals surface area contributed by atoms with Gasteiger partial charge in [0.2, 0.25) is 0 Å². The summed E-state index contributed by atoms with van der Waals surface area (Å²) < 4.78 is 4.85. The number of nitrogens with zero attached hydrogens (tertiary/aromatic N) is 2. The van der Waals surface area contributed by atoms with Gasteiger partial charge in [0.1, 0.15) is 5.69 Å². The Labute approximate surface area is 156 Å². The first-order valence-corrected chi connectivity index (χ1v) is 9.27. The van der Waals surface area contributed by atoms with Crippen LogP contribution in [0, 0.1) is 0 Å². The van der Waals surface area contributed by atoms with Crippen LogP contribution in [0.15, 0.2) is 30.6 Å². The summed E-state index contributed by atoms with van der Waals surface area (Å²) in [5.74, 6) is 0.106. The smallest absolute Gasteiger partial charge is 0.337 e. The second-order valence-corrected chi connectivity index (χ2v) is 7.05. The molecule has 1 N–H and O–H groups in total. The molecule has 0 spiro atoms. The first-order valence-electron chi connectivity index (χ1n) is 8.90. The molecular weight excluding hydrogens is 350 g/mol. The first kappa shape index (κ1) is 17.0. The molecule has 1 aliphatic rings. The van der Waals surface area contributed by atoms with Gasteiger partial charge in [-0.3, -0.25) is 0 Å². The number of esters is 1. The quantitative estimate of drug-likeness (QED) is 0.651. The number of benzene rings is 1. The molecule has 0 amide bonds. The van der Waals surface area contributed by atoms with Gasteiger partial charge in [0.05, 0.1) is 18.4 Å². The summed E-state index contributed by atoms with van der Waals surface area (Å²) >= 11 is 6.33. The van der Waals surface area contributed by atoms with Gasteiger partial charge >= 0.3 is 5.97 Å². The van der Waals surface area contributed by atoms with Gasteiger partial charge in [0, 0.05) is 23.3 Å². The minimum Gasteiger partial charge on any atom is -0.465 e. The predicted octanol–water partition coefficient (Wildman–Crippen LogP) is 5.11. The number of halogens is 1. The number of ether oxygens (including phenoxy) is 1. The van der Waals surface area contributed by atoms with E-state index in [4.69, 9.17) is 16.3 Å². The summed E-state index contributed by atoms with van der Waals surface area (Å²) in [7, 11) is 1.39. The lowest BCUT2D eigenvalue weighted by molar-refractivity contribution is 0.0601. The number of aromatic amines is 1. The molecule has 4 rings (SSSR count). The van der Waals surface area contributed by atoms with Crippen LogP contribution in [0.3, 0.4) is 0 Å². The lowest BCUT2D eigenvalue weighted by atomic mass is 9.82. The highest BCUT2D eigenvalue weighted by molar-refractivity contribution is 6.31. The zero-order valence-corrected chi connectivity index (χ0v) is 15.3. The second kappa shape index (κ2) is 7.08. The van der Waals surface area contributed by atoms with Gasteiger partial charge in [-0.05, 0) is 36.5 Å². The van der Waals surface area contributed by atoms with Crippen molar-refractivity contribution in [1.29, 1.82) is 0 Å². The average molecular weight is 370 g/mol. The fraction of sp³-hybridized carbons (Fsp3) is 0.350. The van der Waals surface area contributed by atoms with E-state index < -0.39 is 0 Å². The Balaban J connectivity index is 1.93. The summed E-state index contributed by atoms with van der Waals surface area (Å²) in [6, 6.07) is 5.65. The molecule has 134 valence electrons. The molecule has 0 radical (unpaired) electrons. The normalized spacial score (nSPS) is 15.3. The molecule has 0 saturated heterocycles. The summed E-state index contributed by atoms with van der Waals surface area (Å²) in [4.78, 5) is 24.0. The van der Waals surface area contributed by atoms with Crippen LogP contribution in [-0.2, 0) is 4.74 Å². The molecule has 1 saturated carbocycles. The lowest BCUT2D eigenvalue weighted by Gasteiger charge is -2.22. The molecule has 0 atom stereocenters. The molecule has 0 aliphatic heterocycles. The third-order valence-electron chi connectivity index (χ3n) is 5.16. The molecule has 6 heteroatoms.